The van der Waals surface area contributed by atoms with Crippen molar-refractivity contribution >= 4 is 27.9 Å². The van der Waals surface area contributed by atoms with Crippen LogP contribution in [0.1, 0.15) is 35.5 Å². The molecule has 4 aromatic rings. The zero-order valence-electron chi connectivity index (χ0n) is 15.1. The first-order valence-corrected chi connectivity index (χ1v) is 8.72. The predicted octanol–water partition coefficient (Wildman–Crippen LogP) is 4.35. The van der Waals surface area contributed by atoms with E-state index in [9.17, 15) is 4.79 Å². The highest BCUT2D eigenvalue weighted by molar-refractivity contribution is 5.88. The summed E-state index contributed by atoms with van der Waals surface area (Å²) in [6, 6.07) is 11.7. The van der Waals surface area contributed by atoms with Crippen LogP contribution in [0.2, 0.25) is 0 Å². The predicted molar refractivity (Wildman–Crippen MR) is 102 cm³/mol. The molecular formula is C21H21N3O2. The minimum absolute atomic E-state index is 0.0566. The van der Waals surface area contributed by atoms with E-state index in [2.05, 4.69) is 35.2 Å². The SMILES string of the molecule is Cc1cc2occ(CC(=O)N[C@@H](C)c3nc4ccccc4[nH]3)c2cc1C. The van der Waals surface area contributed by atoms with Crippen molar-refractivity contribution < 1.29 is 9.21 Å². The number of hydrogen-bond donors (Lipinski definition) is 2. The molecular weight excluding hydrogens is 326 g/mol. The first kappa shape index (κ1) is 16.4. The van der Waals surface area contributed by atoms with Gasteiger partial charge in [0.1, 0.15) is 11.4 Å². The molecule has 1 atom stereocenters. The highest BCUT2D eigenvalue weighted by atomic mass is 16.3. The van der Waals surface area contributed by atoms with Crippen LogP contribution in [0.25, 0.3) is 22.0 Å². The monoisotopic (exact) mass is 347 g/mol. The van der Waals surface area contributed by atoms with E-state index in [-0.39, 0.29) is 18.4 Å². The van der Waals surface area contributed by atoms with Gasteiger partial charge in [0, 0.05) is 10.9 Å². The van der Waals surface area contributed by atoms with Crippen molar-refractivity contribution in [1.82, 2.24) is 15.3 Å². The number of H-pyrrole nitrogens is 1. The number of aromatic amines is 1. The lowest BCUT2D eigenvalue weighted by Crippen LogP contribution is -2.28. The molecule has 0 saturated heterocycles. The summed E-state index contributed by atoms with van der Waals surface area (Å²) in [7, 11) is 0. The smallest absolute Gasteiger partial charge is 0.225 e. The molecule has 132 valence electrons. The largest absolute Gasteiger partial charge is 0.464 e. The van der Waals surface area contributed by atoms with Crippen molar-refractivity contribution in [1.29, 1.82) is 0 Å². The minimum atomic E-state index is -0.197. The normalized spacial score (nSPS) is 12.6. The first-order chi connectivity index (χ1) is 12.5. The summed E-state index contributed by atoms with van der Waals surface area (Å²) in [6.45, 7) is 6.05. The number of rotatable bonds is 4. The zero-order chi connectivity index (χ0) is 18.3. The molecule has 2 aromatic carbocycles. The van der Waals surface area contributed by atoms with Crippen LogP contribution in [0.4, 0.5) is 0 Å². The summed E-state index contributed by atoms with van der Waals surface area (Å²) in [6.07, 6.45) is 1.95. The van der Waals surface area contributed by atoms with Crippen molar-refractivity contribution in [2.75, 3.05) is 0 Å². The molecule has 0 fully saturated rings. The maximum absolute atomic E-state index is 12.5. The molecule has 1 amide bonds. The number of carbonyl (C=O) groups excluding carboxylic acids is 1. The van der Waals surface area contributed by atoms with Gasteiger partial charge in [-0.2, -0.15) is 0 Å². The number of para-hydroxylation sites is 2. The average Bonchev–Trinajstić information content (AvgIpc) is 3.20. The van der Waals surface area contributed by atoms with Crippen molar-refractivity contribution in [3.8, 4) is 0 Å². The Morgan fingerprint density at radius 2 is 2.00 bits per heavy atom. The Balaban J connectivity index is 1.50. The molecule has 2 aromatic heterocycles. The fourth-order valence-electron chi connectivity index (χ4n) is 3.18. The fourth-order valence-corrected chi connectivity index (χ4v) is 3.18. The molecule has 0 aliphatic carbocycles. The number of hydrogen-bond acceptors (Lipinski definition) is 3. The quantitative estimate of drug-likeness (QED) is 0.577. The van der Waals surface area contributed by atoms with Crippen LogP contribution in [0.5, 0.6) is 0 Å². The van der Waals surface area contributed by atoms with E-state index in [1.54, 1.807) is 6.26 Å². The second-order valence-corrected chi connectivity index (χ2v) is 6.80. The lowest BCUT2D eigenvalue weighted by molar-refractivity contribution is -0.121. The summed E-state index contributed by atoms with van der Waals surface area (Å²) in [5, 5.41) is 4.01. The van der Waals surface area contributed by atoms with Crippen molar-refractivity contribution in [3.63, 3.8) is 0 Å². The van der Waals surface area contributed by atoms with Gasteiger partial charge in [0.15, 0.2) is 0 Å². The van der Waals surface area contributed by atoms with Gasteiger partial charge in [0.2, 0.25) is 5.91 Å². The number of amides is 1. The fraction of sp³-hybridized carbons (Fsp3) is 0.238. The number of nitrogens with one attached hydrogen (secondary N) is 2. The summed E-state index contributed by atoms with van der Waals surface area (Å²) < 4.78 is 5.62. The van der Waals surface area contributed by atoms with E-state index in [4.69, 9.17) is 4.42 Å². The third kappa shape index (κ3) is 2.96. The topological polar surface area (TPSA) is 70.9 Å². The van der Waals surface area contributed by atoms with Crippen molar-refractivity contribution in [2.24, 2.45) is 0 Å². The van der Waals surface area contributed by atoms with Gasteiger partial charge in [-0.1, -0.05) is 12.1 Å². The van der Waals surface area contributed by atoms with E-state index in [0.29, 0.717) is 0 Å². The van der Waals surface area contributed by atoms with E-state index in [1.807, 2.05) is 37.3 Å². The zero-order valence-corrected chi connectivity index (χ0v) is 15.1. The maximum atomic E-state index is 12.5. The molecule has 0 spiro atoms. The number of fused-ring (bicyclic) bond motifs is 2. The van der Waals surface area contributed by atoms with E-state index in [0.717, 1.165) is 33.4 Å². The van der Waals surface area contributed by atoms with Crippen LogP contribution in [0.3, 0.4) is 0 Å². The number of aromatic nitrogens is 2. The van der Waals surface area contributed by atoms with Gasteiger partial charge in [0.25, 0.3) is 0 Å². The summed E-state index contributed by atoms with van der Waals surface area (Å²) in [5.74, 6) is 0.696. The van der Waals surface area contributed by atoms with Crippen molar-refractivity contribution in [3.05, 3.63) is 65.2 Å². The highest BCUT2D eigenvalue weighted by Gasteiger charge is 2.16. The lowest BCUT2D eigenvalue weighted by Gasteiger charge is -2.11. The molecule has 4 rings (SSSR count). The van der Waals surface area contributed by atoms with Crippen LogP contribution in [-0.2, 0) is 11.2 Å². The van der Waals surface area contributed by atoms with E-state index in [1.165, 1.54) is 11.1 Å². The Labute approximate surface area is 151 Å². The molecule has 0 aliphatic heterocycles. The molecule has 5 heteroatoms. The number of furan rings is 1. The summed E-state index contributed by atoms with van der Waals surface area (Å²) in [5.41, 5.74) is 5.96. The van der Waals surface area contributed by atoms with Crippen LogP contribution in [0, 0.1) is 13.8 Å². The van der Waals surface area contributed by atoms with Crippen LogP contribution < -0.4 is 5.32 Å². The average molecular weight is 347 g/mol. The van der Waals surface area contributed by atoms with E-state index >= 15 is 0 Å². The third-order valence-corrected chi connectivity index (χ3v) is 4.82. The highest BCUT2D eigenvalue weighted by Crippen LogP contribution is 2.25. The van der Waals surface area contributed by atoms with Crippen molar-refractivity contribution in [2.45, 2.75) is 33.2 Å². The standard InChI is InChI=1S/C21H21N3O2/c1-12-8-16-15(11-26-19(16)9-13(12)2)10-20(25)22-14(3)21-23-17-6-4-5-7-18(17)24-21/h4-9,11,14H,10H2,1-3H3,(H,22,25)(H,23,24)/t14-/m0/s1. The van der Waals surface area contributed by atoms with Gasteiger partial charge in [-0.15, -0.1) is 0 Å². The minimum Gasteiger partial charge on any atom is -0.464 e. The first-order valence-electron chi connectivity index (χ1n) is 8.72. The number of carbonyl (C=O) groups is 1. The molecule has 26 heavy (non-hydrogen) atoms. The Morgan fingerprint density at radius 1 is 1.23 bits per heavy atom. The van der Waals surface area contributed by atoms with Crippen LogP contribution in [-0.4, -0.2) is 15.9 Å². The number of benzene rings is 2. The molecule has 0 aliphatic rings. The summed E-state index contributed by atoms with van der Waals surface area (Å²) >= 11 is 0. The lowest BCUT2D eigenvalue weighted by atomic mass is 10.0. The number of imidazole rings is 1. The number of aryl methyl sites for hydroxylation is 2. The second kappa shape index (κ2) is 6.33. The Morgan fingerprint density at radius 3 is 2.81 bits per heavy atom. The molecule has 0 radical (unpaired) electrons. The molecule has 0 saturated carbocycles. The van der Waals surface area contributed by atoms with Gasteiger partial charge in [-0.3, -0.25) is 4.79 Å². The third-order valence-electron chi connectivity index (χ3n) is 4.82. The van der Waals surface area contributed by atoms with Crippen LogP contribution in [0.15, 0.2) is 47.1 Å². The molecule has 2 heterocycles. The Hall–Kier alpha value is -3.08. The molecule has 0 unspecified atom stereocenters. The molecule has 0 bridgehead atoms. The number of nitrogens with zero attached hydrogens (tertiary/aromatic N) is 1. The van der Waals surface area contributed by atoms with Gasteiger partial charge in [-0.05, 0) is 56.2 Å². The summed E-state index contributed by atoms with van der Waals surface area (Å²) in [4.78, 5) is 20.3. The van der Waals surface area contributed by atoms with Gasteiger partial charge < -0.3 is 14.7 Å². The second-order valence-electron chi connectivity index (χ2n) is 6.80. The van der Waals surface area contributed by atoms with E-state index < -0.39 is 0 Å². The Bertz CT molecular complexity index is 1070. The van der Waals surface area contributed by atoms with Gasteiger partial charge >= 0.3 is 0 Å². The van der Waals surface area contributed by atoms with Crippen LogP contribution >= 0.6 is 0 Å². The molecule has 5 nitrogen and oxygen atoms in total. The molecule has 2 N–H and O–H groups in total. The van der Waals surface area contributed by atoms with Gasteiger partial charge in [0.05, 0.1) is 29.8 Å². The maximum Gasteiger partial charge on any atom is 0.225 e. The Kier molecular flexibility index (Phi) is 3.99. The van der Waals surface area contributed by atoms with Gasteiger partial charge in [-0.25, -0.2) is 4.98 Å².